The normalized spacial score (nSPS) is 15.9. The van der Waals surface area contributed by atoms with E-state index in [4.69, 9.17) is 4.12 Å². The van der Waals surface area contributed by atoms with Crippen LogP contribution >= 0.6 is 0 Å². The smallest absolute Gasteiger partial charge is 0.194 e. The van der Waals surface area contributed by atoms with Gasteiger partial charge >= 0.3 is 0 Å². The average Bonchev–Trinajstić information content (AvgIpc) is 2.25. The molecule has 1 nitrogen and oxygen atoms in total. The molecule has 0 amide bonds. The largest absolute Gasteiger partial charge is 0.454 e. The molecular weight excluding hydrogens is 256 g/mol. The zero-order valence-electron chi connectivity index (χ0n) is 12.0. The second-order valence-electron chi connectivity index (χ2n) is 5.76. The zero-order valence-corrected chi connectivity index (χ0v) is 15.0. The lowest BCUT2D eigenvalue weighted by Crippen LogP contribution is -2.64. The van der Waals surface area contributed by atoms with E-state index in [1.54, 1.807) is 0 Å². The van der Waals surface area contributed by atoms with E-state index in [2.05, 4.69) is 70.0 Å². The number of rotatable bonds is 5. The van der Waals surface area contributed by atoms with Gasteiger partial charge < -0.3 is 4.12 Å². The van der Waals surface area contributed by atoms with Crippen LogP contribution in [0.2, 0.25) is 38.8 Å². The maximum atomic E-state index is 6.75. The van der Waals surface area contributed by atoms with Gasteiger partial charge in [-0.05, 0) is 30.9 Å². The summed E-state index contributed by atoms with van der Waals surface area (Å²) in [5.74, 6) is 0. The van der Waals surface area contributed by atoms with Crippen LogP contribution in [0.3, 0.4) is 0 Å². The molecule has 0 saturated carbocycles. The summed E-state index contributed by atoms with van der Waals surface area (Å²) in [6, 6.07) is 12.2. The van der Waals surface area contributed by atoms with Crippen molar-refractivity contribution in [2.24, 2.45) is 0 Å². The van der Waals surface area contributed by atoms with Crippen molar-refractivity contribution in [1.82, 2.24) is 0 Å². The third kappa shape index (κ3) is 3.64. The standard InChI is InChI=1S/C13H25OSi3/c1-7-17(15(2)3,14-16(4,5)6)13-11-9-8-10-12-13/h8-12H,7H2,1-6H3. The topological polar surface area (TPSA) is 9.23 Å². The Hall–Kier alpha value is -0.169. The van der Waals surface area contributed by atoms with E-state index in [1.165, 1.54) is 11.2 Å². The molecule has 0 aromatic heterocycles. The van der Waals surface area contributed by atoms with E-state index in [-0.39, 0.29) is 0 Å². The molecule has 0 bridgehead atoms. The summed E-state index contributed by atoms with van der Waals surface area (Å²) in [6.07, 6.45) is 0. The first-order valence-electron chi connectivity index (χ1n) is 6.38. The second-order valence-corrected chi connectivity index (χ2v) is 21.2. The summed E-state index contributed by atoms with van der Waals surface area (Å²) in [4.78, 5) is 0. The van der Waals surface area contributed by atoms with Crippen molar-refractivity contribution in [3.63, 3.8) is 0 Å². The van der Waals surface area contributed by atoms with Crippen LogP contribution in [-0.2, 0) is 4.12 Å². The summed E-state index contributed by atoms with van der Waals surface area (Å²) < 4.78 is 6.75. The molecule has 95 valence electrons. The number of hydrogen-bond acceptors (Lipinski definition) is 1. The Labute approximate surface area is 110 Å². The predicted octanol–water partition coefficient (Wildman–Crippen LogP) is 3.54. The minimum atomic E-state index is -1.69. The molecule has 0 aliphatic heterocycles. The van der Waals surface area contributed by atoms with Gasteiger partial charge in [0.05, 0.1) is 8.31 Å². The van der Waals surface area contributed by atoms with E-state index in [0.29, 0.717) is 0 Å². The first kappa shape index (κ1) is 14.9. The summed E-state index contributed by atoms with van der Waals surface area (Å²) in [6.45, 7) is 14.1. The molecule has 1 rings (SSSR count). The van der Waals surface area contributed by atoms with Gasteiger partial charge in [-0.25, -0.2) is 0 Å². The maximum absolute atomic E-state index is 6.75. The molecule has 17 heavy (non-hydrogen) atoms. The van der Waals surface area contributed by atoms with Gasteiger partial charge in [0, 0.05) is 0 Å². The molecule has 4 heteroatoms. The Morgan fingerprint density at radius 1 is 1.06 bits per heavy atom. The predicted molar refractivity (Wildman–Crippen MR) is 84.2 cm³/mol. The molecule has 0 saturated heterocycles. The van der Waals surface area contributed by atoms with Crippen molar-refractivity contribution in [3.8, 4) is 0 Å². The van der Waals surface area contributed by atoms with Crippen molar-refractivity contribution in [2.45, 2.75) is 45.7 Å². The Kier molecular flexibility index (Phi) is 4.95. The van der Waals surface area contributed by atoms with Crippen LogP contribution in [-0.4, -0.2) is 24.5 Å². The lowest BCUT2D eigenvalue weighted by molar-refractivity contribution is 0.570. The van der Waals surface area contributed by atoms with Crippen LogP contribution in [0.4, 0.5) is 0 Å². The fourth-order valence-corrected chi connectivity index (χ4v) is 19.7. The van der Waals surface area contributed by atoms with Crippen LogP contribution in [0.5, 0.6) is 0 Å². The van der Waals surface area contributed by atoms with Gasteiger partial charge in [0.2, 0.25) is 0 Å². The first-order chi connectivity index (χ1) is 7.82. The Balaban J connectivity index is 3.19. The van der Waals surface area contributed by atoms with Crippen LogP contribution in [0.1, 0.15) is 6.92 Å². The third-order valence-corrected chi connectivity index (χ3v) is 18.4. The summed E-state index contributed by atoms with van der Waals surface area (Å²) in [5.41, 5.74) is 0. The fourth-order valence-electron chi connectivity index (χ4n) is 2.31. The van der Waals surface area contributed by atoms with E-state index in [0.717, 1.165) is 0 Å². The molecule has 1 radical (unpaired) electrons. The lowest BCUT2D eigenvalue weighted by Gasteiger charge is -2.40. The molecule has 0 aliphatic rings. The third-order valence-electron chi connectivity index (χ3n) is 3.03. The average molecular weight is 282 g/mol. The van der Waals surface area contributed by atoms with Gasteiger partial charge in [0.15, 0.2) is 16.2 Å². The van der Waals surface area contributed by atoms with E-state index < -0.39 is 24.5 Å². The lowest BCUT2D eigenvalue weighted by atomic mass is 10.4. The van der Waals surface area contributed by atoms with Crippen molar-refractivity contribution in [1.29, 1.82) is 0 Å². The van der Waals surface area contributed by atoms with E-state index in [1.807, 2.05) is 0 Å². The molecule has 0 aliphatic carbocycles. The van der Waals surface area contributed by atoms with Crippen LogP contribution in [0.25, 0.3) is 0 Å². The van der Waals surface area contributed by atoms with Crippen LogP contribution < -0.4 is 5.19 Å². The van der Waals surface area contributed by atoms with Crippen LogP contribution in [0.15, 0.2) is 30.3 Å². The molecule has 0 heterocycles. The molecule has 1 atom stereocenters. The van der Waals surface area contributed by atoms with Gasteiger partial charge in [-0.2, -0.15) is 0 Å². The SMILES string of the molecule is CC[Si](O[Si](C)(C)C)(c1ccccc1)[Si](C)C. The van der Waals surface area contributed by atoms with E-state index in [9.17, 15) is 0 Å². The fraction of sp³-hybridized carbons (Fsp3) is 0.538. The highest BCUT2D eigenvalue weighted by molar-refractivity contribution is 7.36. The number of benzene rings is 1. The molecule has 1 unspecified atom stereocenters. The minimum Gasteiger partial charge on any atom is -0.454 e. The molecule has 0 N–H and O–H groups in total. The van der Waals surface area contributed by atoms with Crippen molar-refractivity contribution < 1.29 is 4.12 Å². The van der Waals surface area contributed by atoms with Crippen molar-refractivity contribution in [2.75, 3.05) is 0 Å². The Bertz CT molecular complexity index is 345. The quantitative estimate of drug-likeness (QED) is 0.750. The Morgan fingerprint density at radius 2 is 1.59 bits per heavy atom. The molecule has 1 aromatic carbocycles. The zero-order chi connectivity index (χ0) is 13.1. The van der Waals surface area contributed by atoms with Gasteiger partial charge in [-0.1, -0.05) is 50.3 Å². The number of hydrogen-bond donors (Lipinski definition) is 0. The van der Waals surface area contributed by atoms with Gasteiger partial charge in [0.1, 0.15) is 0 Å². The Morgan fingerprint density at radius 3 is 1.94 bits per heavy atom. The summed E-state index contributed by atoms with van der Waals surface area (Å²) in [5, 5.41) is 1.50. The highest BCUT2D eigenvalue weighted by Crippen LogP contribution is 2.21. The van der Waals surface area contributed by atoms with Gasteiger partial charge in [0.25, 0.3) is 0 Å². The molecule has 1 aromatic rings. The van der Waals surface area contributed by atoms with Gasteiger partial charge in [-0.3, -0.25) is 0 Å². The van der Waals surface area contributed by atoms with E-state index >= 15 is 0 Å². The molecule has 0 fully saturated rings. The molecule has 0 spiro atoms. The van der Waals surface area contributed by atoms with Crippen molar-refractivity contribution >= 4 is 29.7 Å². The minimum absolute atomic E-state index is 0.417. The first-order valence-corrected chi connectivity index (χ1v) is 15.4. The summed E-state index contributed by atoms with van der Waals surface area (Å²) in [7, 11) is -3.58. The monoisotopic (exact) mass is 281 g/mol. The highest BCUT2D eigenvalue weighted by atomic mass is 29.2. The highest BCUT2D eigenvalue weighted by Gasteiger charge is 2.42. The van der Waals surface area contributed by atoms with Crippen molar-refractivity contribution in [3.05, 3.63) is 30.3 Å². The van der Waals surface area contributed by atoms with Crippen LogP contribution in [0, 0.1) is 0 Å². The second kappa shape index (κ2) is 5.65. The maximum Gasteiger partial charge on any atom is 0.194 e. The van der Waals surface area contributed by atoms with Gasteiger partial charge in [-0.15, -0.1) is 0 Å². The summed E-state index contributed by atoms with van der Waals surface area (Å²) >= 11 is 0. The molecular formula is C13H25OSi3.